The number of halogens is 2. The molecule has 0 atom stereocenters. The first-order valence-corrected chi connectivity index (χ1v) is 8.80. The Morgan fingerprint density at radius 2 is 1.96 bits per heavy atom. The molecule has 0 saturated carbocycles. The Morgan fingerprint density at radius 1 is 1.29 bits per heavy atom. The van der Waals surface area contributed by atoms with Crippen LogP contribution in [-0.2, 0) is 25.3 Å². The molecule has 1 aromatic heterocycles. The molecule has 7 nitrogen and oxygen atoms in total. The molecular weight excluding hydrogens is 372 g/mol. The van der Waals surface area contributed by atoms with Gasteiger partial charge in [-0.05, 0) is 32.8 Å². The van der Waals surface area contributed by atoms with Crippen molar-refractivity contribution in [3.05, 3.63) is 47.8 Å². The van der Waals surface area contributed by atoms with Gasteiger partial charge in [0.25, 0.3) is 0 Å². The van der Waals surface area contributed by atoms with Gasteiger partial charge in [0.15, 0.2) is 5.54 Å². The molecule has 1 saturated heterocycles. The second-order valence-electron chi connectivity index (χ2n) is 7.31. The van der Waals surface area contributed by atoms with Crippen molar-refractivity contribution in [2.45, 2.75) is 37.6 Å². The number of nitrogens with zero attached hydrogens (tertiary/aromatic N) is 2. The van der Waals surface area contributed by atoms with E-state index in [4.69, 9.17) is 4.74 Å². The Hall–Kier alpha value is -2.81. The lowest BCUT2D eigenvalue weighted by Gasteiger charge is -2.36. The fourth-order valence-electron chi connectivity index (χ4n) is 3.26. The van der Waals surface area contributed by atoms with E-state index in [0.717, 1.165) is 12.1 Å². The quantitative estimate of drug-likeness (QED) is 0.815. The zero-order valence-electron chi connectivity index (χ0n) is 15.5. The van der Waals surface area contributed by atoms with Gasteiger partial charge in [-0.3, -0.25) is 9.48 Å². The van der Waals surface area contributed by atoms with Crippen LogP contribution in [0.1, 0.15) is 32.3 Å². The molecule has 0 bridgehead atoms. The Bertz CT molecular complexity index is 904. The molecule has 2 heterocycles. The lowest BCUT2D eigenvalue weighted by molar-refractivity contribution is -0.146. The Labute approximate surface area is 160 Å². The number of carbonyl (C=O) groups is 2. The van der Waals surface area contributed by atoms with Crippen LogP contribution < -0.4 is 5.32 Å². The minimum absolute atomic E-state index is 0.105. The number of aromatic nitrogens is 2. The van der Waals surface area contributed by atoms with E-state index in [1.54, 1.807) is 0 Å². The molecule has 0 radical (unpaired) electrons. The maximum atomic E-state index is 14.5. The van der Waals surface area contributed by atoms with Crippen molar-refractivity contribution in [2.24, 2.45) is 0 Å². The number of aliphatic carboxylic acids is 1. The van der Waals surface area contributed by atoms with Crippen LogP contribution in [0.5, 0.6) is 0 Å². The van der Waals surface area contributed by atoms with Crippen molar-refractivity contribution >= 4 is 17.6 Å². The highest BCUT2D eigenvalue weighted by molar-refractivity contribution is 5.99. The Morgan fingerprint density at radius 3 is 2.57 bits per heavy atom. The second-order valence-corrected chi connectivity index (χ2v) is 7.31. The number of carbonyl (C=O) groups excluding carboxylic acids is 1. The van der Waals surface area contributed by atoms with Crippen molar-refractivity contribution in [3.8, 4) is 0 Å². The summed E-state index contributed by atoms with van der Waals surface area (Å²) in [4.78, 5) is 24.5. The van der Waals surface area contributed by atoms with Gasteiger partial charge in [-0.1, -0.05) is 6.07 Å². The molecule has 1 aliphatic heterocycles. The van der Waals surface area contributed by atoms with Gasteiger partial charge in [0.1, 0.15) is 11.6 Å². The van der Waals surface area contributed by atoms with Crippen LogP contribution in [0.15, 0.2) is 30.6 Å². The van der Waals surface area contributed by atoms with E-state index in [2.05, 4.69) is 10.4 Å². The number of amides is 1. The van der Waals surface area contributed by atoms with Crippen LogP contribution >= 0.6 is 0 Å². The highest BCUT2D eigenvalue weighted by Gasteiger charge is 2.44. The van der Waals surface area contributed by atoms with Crippen LogP contribution in [-0.4, -0.2) is 40.0 Å². The molecular formula is C19H21F2N3O4. The first-order valence-electron chi connectivity index (χ1n) is 8.80. The van der Waals surface area contributed by atoms with Crippen LogP contribution in [0, 0.1) is 11.6 Å². The lowest BCUT2D eigenvalue weighted by Crippen LogP contribution is -2.45. The van der Waals surface area contributed by atoms with Crippen LogP contribution in [0.4, 0.5) is 14.5 Å². The third kappa shape index (κ3) is 3.49. The van der Waals surface area contributed by atoms with Crippen molar-refractivity contribution in [1.82, 2.24) is 9.78 Å². The standard InChI is InChI=1S/C19H21F2N3O4/c1-18(2,17(26)27)24-11-13(10-22-24)23-16(25)19(5-7-28-8-6-19)14-4-3-12(20)9-15(14)21/h3-4,9-11H,5-8H2,1-2H3,(H,23,25)(H,26,27). The summed E-state index contributed by atoms with van der Waals surface area (Å²) in [6, 6.07) is 3.16. The monoisotopic (exact) mass is 393 g/mol. The van der Waals surface area contributed by atoms with Gasteiger partial charge in [-0.25, -0.2) is 13.6 Å². The average Bonchev–Trinajstić information content (AvgIpc) is 3.11. The molecule has 150 valence electrons. The van der Waals surface area contributed by atoms with E-state index in [1.165, 1.54) is 37.0 Å². The number of benzene rings is 1. The van der Waals surface area contributed by atoms with E-state index < -0.39 is 34.5 Å². The molecule has 0 unspecified atom stereocenters. The van der Waals surface area contributed by atoms with Crippen molar-refractivity contribution in [3.63, 3.8) is 0 Å². The fourth-order valence-corrected chi connectivity index (χ4v) is 3.26. The number of ether oxygens (including phenoxy) is 1. The summed E-state index contributed by atoms with van der Waals surface area (Å²) >= 11 is 0. The second kappa shape index (κ2) is 7.31. The molecule has 2 aromatic rings. The average molecular weight is 393 g/mol. The number of anilines is 1. The van der Waals surface area contributed by atoms with Crippen LogP contribution in [0.2, 0.25) is 0 Å². The third-order valence-corrected chi connectivity index (χ3v) is 5.16. The summed E-state index contributed by atoms with van der Waals surface area (Å²) in [6.45, 7) is 3.47. The highest BCUT2D eigenvalue weighted by atomic mass is 19.1. The SMILES string of the molecule is CC(C)(C(=O)O)n1cc(NC(=O)C2(c3ccc(F)cc3F)CCOCC2)cn1. The maximum absolute atomic E-state index is 14.5. The largest absolute Gasteiger partial charge is 0.479 e. The smallest absolute Gasteiger partial charge is 0.331 e. The van der Waals surface area contributed by atoms with Crippen LogP contribution in [0.25, 0.3) is 0 Å². The minimum atomic E-state index is -1.30. The number of hydrogen-bond acceptors (Lipinski definition) is 4. The van der Waals surface area contributed by atoms with E-state index in [-0.39, 0.29) is 37.3 Å². The number of nitrogens with one attached hydrogen (secondary N) is 1. The van der Waals surface area contributed by atoms with Gasteiger partial charge in [0.2, 0.25) is 5.91 Å². The summed E-state index contributed by atoms with van der Waals surface area (Å²) < 4.78 is 34.4. The van der Waals surface area contributed by atoms with Gasteiger partial charge in [0, 0.05) is 31.0 Å². The van der Waals surface area contributed by atoms with Crippen molar-refractivity contribution in [1.29, 1.82) is 0 Å². The predicted molar refractivity (Wildman–Crippen MR) is 95.9 cm³/mol. The molecule has 1 aromatic carbocycles. The van der Waals surface area contributed by atoms with Gasteiger partial charge in [-0.2, -0.15) is 5.10 Å². The van der Waals surface area contributed by atoms with E-state index in [0.29, 0.717) is 0 Å². The zero-order valence-corrected chi connectivity index (χ0v) is 15.5. The Kier molecular flexibility index (Phi) is 5.20. The summed E-state index contributed by atoms with van der Waals surface area (Å²) in [6.07, 6.45) is 3.20. The summed E-state index contributed by atoms with van der Waals surface area (Å²) in [5, 5.41) is 16.0. The molecule has 2 N–H and O–H groups in total. The number of carboxylic acid groups (broad SMARTS) is 1. The van der Waals surface area contributed by atoms with E-state index in [9.17, 15) is 23.5 Å². The first kappa shape index (κ1) is 19.9. The van der Waals surface area contributed by atoms with Gasteiger partial charge in [0.05, 0.1) is 17.3 Å². The molecule has 0 aliphatic carbocycles. The molecule has 28 heavy (non-hydrogen) atoms. The molecule has 1 aliphatic rings. The molecule has 1 amide bonds. The van der Waals surface area contributed by atoms with Gasteiger partial charge >= 0.3 is 5.97 Å². The van der Waals surface area contributed by atoms with E-state index in [1.807, 2.05) is 0 Å². The third-order valence-electron chi connectivity index (χ3n) is 5.16. The summed E-state index contributed by atoms with van der Waals surface area (Å²) in [5.41, 5.74) is -2.14. The summed E-state index contributed by atoms with van der Waals surface area (Å²) in [5.74, 6) is -3.07. The number of carboxylic acids is 1. The van der Waals surface area contributed by atoms with Gasteiger partial charge < -0.3 is 15.2 Å². The zero-order chi connectivity index (χ0) is 20.5. The first-order chi connectivity index (χ1) is 13.2. The van der Waals surface area contributed by atoms with Crippen molar-refractivity contribution < 1.29 is 28.2 Å². The number of rotatable bonds is 5. The highest BCUT2D eigenvalue weighted by Crippen LogP contribution is 2.38. The molecule has 0 spiro atoms. The normalized spacial score (nSPS) is 16.6. The van der Waals surface area contributed by atoms with E-state index >= 15 is 0 Å². The predicted octanol–water partition coefficient (Wildman–Crippen LogP) is 2.67. The molecule has 3 rings (SSSR count). The Balaban J connectivity index is 1.91. The summed E-state index contributed by atoms with van der Waals surface area (Å²) in [7, 11) is 0. The fraction of sp³-hybridized carbons (Fsp3) is 0.421. The minimum Gasteiger partial charge on any atom is -0.479 e. The molecule has 1 fully saturated rings. The lowest BCUT2D eigenvalue weighted by atomic mass is 9.73. The topological polar surface area (TPSA) is 93.5 Å². The van der Waals surface area contributed by atoms with Gasteiger partial charge in [-0.15, -0.1) is 0 Å². The maximum Gasteiger partial charge on any atom is 0.331 e. The number of hydrogen-bond donors (Lipinski definition) is 2. The van der Waals surface area contributed by atoms with Crippen LogP contribution in [0.3, 0.4) is 0 Å². The molecule has 9 heteroatoms. The van der Waals surface area contributed by atoms with Crippen molar-refractivity contribution in [2.75, 3.05) is 18.5 Å².